The van der Waals surface area contributed by atoms with Crippen molar-refractivity contribution in [2.24, 2.45) is 0 Å². The minimum atomic E-state index is -0.367. The van der Waals surface area contributed by atoms with Gasteiger partial charge in [0.15, 0.2) is 0 Å². The van der Waals surface area contributed by atoms with Crippen molar-refractivity contribution in [3.63, 3.8) is 0 Å². The van der Waals surface area contributed by atoms with Crippen LogP contribution in [0.5, 0.6) is 0 Å². The molecule has 4 nitrogen and oxygen atoms in total. The van der Waals surface area contributed by atoms with Crippen molar-refractivity contribution in [3.05, 3.63) is 51.7 Å². The molecule has 0 aliphatic carbocycles. The van der Waals surface area contributed by atoms with E-state index in [0.717, 1.165) is 44.6 Å². The fourth-order valence-electron chi connectivity index (χ4n) is 3.12. The predicted octanol–water partition coefficient (Wildman–Crippen LogP) is 3.58. The Hall–Kier alpha value is -1.79. The van der Waals surface area contributed by atoms with Gasteiger partial charge in [-0.05, 0) is 37.5 Å². The fraction of sp³-hybridized carbons (Fsp3) is 0.474. The first-order valence-corrected chi connectivity index (χ1v) is 9.74. The molecule has 1 aromatic heterocycles. The van der Waals surface area contributed by atoms with Crippen LogP contribution in [0.25, 0.3) is 0 Å². The molecule has 1 aliphatic heterocycles. The van der Waals surface area contributed by atoms with Crippen molar-refractivity contribution < 1.29 is 9.18 Å². The monoisotopic (exact) mass is 361 g/mol. The number of carbonyl (C=O) groups is 1. The molecule has 1 aliphatic rings. The van der Waals surface area contributed by atoms with Gasteiger partial charge in [0.05, 0.1) is 10.7 Å². The van der Waals surface area contributed by atoms with Gasteiger partial charge in [-0.1, -0.05) is 13.0 Å². The average molecular weight is 361 g/mol. The number of aryl methyl sites for hydroxylation is 1. The van der Waals surface area contributed by atoms with E-state index in [1.54, 1.807) is 23.5 Å². The average Bonchev–Trinajstić information content (AvgIpc) is 2.90. The van der Waals surface area contributed by atoms with Gasteiger partial charge in [-0.3, -0.25) is 9.69 Å². The number of rotatable bonds is 5. The van der Waals surface area contributed by atoms with Crippen LogP contribution in [0.4, 0.5) is 4.39 Å². The molecule has 1 saturated heterocycles. The molecule has 25 heavy (non-hydrogen) atoms. The number of carbonyl (C=O) groups excluding carboxylic acids is 1. The molecule has 1 amide bonds. The molecule has 2 aromatic rings. The topological polar surface area (TPSA) is 36.4 Å². The Morgan fingerprint density at radius 3 is 2.96 bits per heavy atom. The van der Waals surface area contributed by atoms with Crippen LogP contribution in [-0.4, -0.2) is 46.9 Å². The molecule has 0 unspecified atom stereocenters. The highest BCUT2D eigenvalue weighted by Gasteiger charge is 2.21. The zero-order chi connectivity index (χ0) is 17.6. The van der Waals surface area contributed by atoms with Crippen LogP contribution < -0.4 is 0 Å². The number of hydrogen-bond donors (Lipinski definition) is 0. The molecule has 0 atom stereocenters. The largest absolute Gasteiger partial charge is 0.337 e. The van der Waals surface area contributed by atoms with E-state index in [9.17, 15) is 9.18 Å². The molecule has 0 bridgehead atoms. The standard InChI is InChI=1S/C19H24FN3OS/c1-2-5-18-21-17(14-25-18)13-22-8-4-9-23(11-10-22)19(24)15-6-3-7-16(20)12-15/h3,6-7,12,14H,2,4-5,8-11,13H2,1H3. The van der Waals surface area contributed by atoms with Crippen molar-refractivity contribution >= 4 is 17.2 Å². The SMILES string of the molecule is CCCc1nc(CN2CCCN(C(=O)c3cccc(F)c3)CC2)cs1. The molecule has 0 saturated carbocycles. The summed E-state index contributed by atoms with van der Waals surface area (Å²) in [6, 6.07) is 5.94. The van der Waals surface area contributed by atoms with Gasteiger partial charge in [0.25, 0.3) is 5.91 Å². The molecule has 0 N–H and O–H groups in total. The minimum Gasteiger partial charge on any atom is -0.337 e. The molecule has 2 heterocycles. The third-order valence-corrected chi connectivity index (χ3v) is 5.35. The van der Waals surface area contributed by atoms with Crippen molar-refractivity contribution in [2.45, 2.75) is 32.7 Å². The Morgan fingerprint density at radius 1 is 1.28 bits per heavy atom. The highest BCUT2D eigenvalue weighted by atomic mass is 32.1. The van der Waals surface area contributed by atoms with Gasteiger partial charge in [-0.15, -0.1) is 11.3 Å². The van der Waals surface area contributed by atoms with Crippen molar-refractivity contribution in [1.82, 2.24) is 14.8 Å². The first-order chi connectivity index (χ1) is 12.2. The highest BCUT2D eigenvalue weighted by molar-refractivity contribution is 7.09. The lowest BCUT2D eigenvalue weighted by Gasteiger charge is -2.21. The van der Waals surface area contributed by atoms with Crippen LogP contribution in [0.2, 0.25) is 0 Å². The summed E-state index contributed by atoms with van der Waals surface area (Å²) in [7, 11) is 0. The lowest BCUT2D eigenvalue weighted by Crippen LogP contribution is -2.35. The second-order valence-electron chi connectivity index (χ2n) is 6.41. The van der Waals surface area contributed by atoms with Crippen molar-refractivity contribution in [1.29, 1.82) is 0 Å². The summed E-state index contributed by atoms with van der Waals surface area (Å²) in [4.78, 5) is 21.4. The zero-order valence-corrected chi connectivity index (χ0v) is 15.4. The number of aromatic nitrogens is 1. The third kappa shape index (κ3) is 4.86. The maximum atomic E-state index is 13.4. The number of amides is 1. The van der Waals surface area contributed by atoms with Crippen LogP contribution in [0.1, 0.15) is 40.8 Å². The Labute approximate surface area is 152 Å². The smallest absolute Gasteiger partial charge is 0.254 e. The summed E-state index contributed by atoms with van der Waals surface area (Å²) in [5.41, 5.74) is 1.55. The number of halogens is 1. The lowest BCUT2D eigenvalue weighted by molar-refractivity contribution is 0.0760. The van der Waals surface area contributed by atoms with Crippen LogP contribution in [0.15, 0.2) is 29.6 Å². The number of benzene rings is 1. The Balaban J connectivity index is 1.57. The molecule has 1 fully saturated rings. The van der Waals surface area contributed by atoms with E-state index in [1.165, 1.54) is 17.1 Å². The first-order valence-electron chi connectivity index (χ1n) is 8.86. The van der Waals surface area contributed by atoms with E-state index in [2.05, 4.69) is 17.2 Å². The Bertz CT molecular complexity index is 718. The van der Waals surface area contributed by atoms with Gasteiger partial charge in [-0.25, -0.2) is 9.37 Å². The second-order valence-corrected chi connectivity index (χ2v) is 7.36. The summed E-state index contributed by atoms with van der Waals surface area (Å²) in [5.74, 6) is -0.450. The number of nitrogens with zero attached hydrogens (tertiary/aromatic N) is 3. The van der Waals surface area contributed by atoms with E-state index in [1.807, 2.05) is 4.90 Å². The summed E-state index contributed by atoms with van der Waals surface area (Å²) < 4.78 is 13.4. The molecule has 0 radical (unpaired) electrons. The van der Waals surface area contributed by atoms with E-state index in [-0.39, 0.29) is 11.7 Å². The van der Waals surface area contributed by atoms with E-state index in [4.69, 9.17) is 4.98 Å². The molecular formula is C19H24FN3OS. The van der Waals surface area contributed by atoms with Gasteiger partial charge in [0.1, 0.15) is 5.82 Å². The van der Waals surface area contributed by atoms with Gasteiger partial charge in [0.2, 0.25) is 0 Å². The Morgan fingerprint density at radius 2 is 2.16 bits per heavy atom. The summed E-state index contributed by atoms with van der Waals surface area (Å²) in [6.45, 7) is 6.16. The lowest BCUT2D eigenvalue weighted by atomic mass is 10.2. The molecule has 134 valence electrons. The maximum absolute atomic E-state index is 13.4. The third-order valence-electron chi connectivity index (χ3n) is 4.40. The summed E-state index contributed by atoms with van der Waals surface area (Å²) in [5, 5.41) is 3.35. The predicted molar refractivity (Wildman–Crippen MR) is 98.3 cm³/mol. The normalized spacial score (nSPS) is 16.0. The maximum Gasteiger partial charge on any atom is 0.254 e. The number of thiazole rings is 1. The van der Waals surface area contributed by atoms with Crippen LogP contribution in [0, 0.1) is 5.82 Å². The number of hydrogen-bond acceptors (Lipinski definition) is 4. The van der Waals surface area contributed by atoms with Gasteiger partial charge >= 0.3 is 0 Å². The van der Waals surface area contributed by atoms with Gasteiger partial charge in [-0.2, -0.15) is 0 Å². The molecule has 0 spiro atoms. The zero-order valence-electron chi connectivity index (χ0n) is 14.6. The first kappa shape index (κ1) is 18.0. The molecular weight excluding hydrogens is 337 g/mol. The summed E-state index contributed by atoms with van der Waals surface area (Å²) >= 11 is 1.73. The second kappa shape index (κ2) is 8.54. The Kier molecular flexibility index (Phi) is 6.15. The van der Waals surface area contributed by atoms with E-state index >= 15 is 0 Å². The molecule has 1 aromatic carbocycles. The fourth-order valence-corrected chi connectivity index (χ4v) is 4.01. The van der Waals surface area contributed by atoms with Gasteiger partial charge in [0, 0.05) is 43.7 Å². The highest BCUT2D eigenvalue weighted by Crippen LogP contribution is 2.16. The molecule has 6 heteroatoms. The minimum absolute atomic E-state index is 0.0831. The quantitative estimate of drug-likeness (QED) is 0.817. The van der Waals surface area contributed by atoms with Crippen LogP contribution >= 0.6 is 11.3 Å². The van der Waals surface area contributed by atoms with Gasteiger partial charge < -0.3 is 4.90 Å². The molecule has 3 rings (SSSR count). The van der Waals surface area contributed by atoms with Crippen LogP contribution in [0.3, 0.4) is 0 Å². The van der Waals surface area contributed by atoms with Crippen molar-refractivity contribution in [3.8, 4) is 0 Å². The van der Waals surface area contributed by atoms with Crippen LogP contribution in [-0.2, 0) is 13.0 Å². The van der Waals surface area contributed by atoms with Crippen molar-refractivity contribution in [2.75, 3.05) is 26.2 Å². The summed E-state index contributed by atoms with van der Waals surface area (Å²) in [6.07, 6.45) is 3.08. The van der Waals surface area contributed by atoms with E-state index in [0.29, 0.717) is 18.7 Å². The van der Waals surface area contributed by atoms with E-state index < -0.39 is 0 Å².